The molecule has 4 aromatic rings. The van der Waals surface area contributed by atoms with Gasteiger partial charge < -0.3 is 15.3 Å². The number of hydrogen-bond acceptors (Lipinski definition) is 7. The van der Waals surface area contributed by atoms with Crippen LogP contribution < -0.4 is 0 Å². The molecular weight excluding hydrogens is 458 g/mol. The van der Waals surface area contributed by atoms with Crippen molar-refractivity contribution in [2.75, 3.05) is 0 Å². The van der Waals surface area contributed by atoms with Crippen LogP contribution in [0.2, 0.25) is 0 Å². The number of carboxylic acid groups (broad SMARTS) is 1. The second-order valence-electron chi connectivity index (χ2n) is 7.42. The predicted octanol–water partition coefficient (Wildman–Crippen LogP) is 5.53. The second-order valence-corrected chi connectivity index (χ2v) is 8.51. The van der Waals surface area contributed by atoms with Crippen molar-refractivity contribution in [2.24, 2.45) is 0 Å². The van der Waals surface area contributed by atoms with Gasteiger partial charge in [-0.05, 0) is 41.0 Å². The summed E-state index contributed by atoms with van der Waals surface area (Å²) in [5, 5.41) is 40.1. The fourth-order valence-corrected chi connectivity index (χ4v) is 4.50. The number of ketones is 1. The third-order valence-electron chi connectivity index (χ3n) is 5.24. The van der Waals surface area contributed by atoms with Crippen molar-refractivity contribution >= 4 is 28.8 Å². The summed E-state index contributed by atoms with van der Waals surface area (Å²) in [7, 11) is 0. The van der Waals surface area contributed by atoms with Crippen LogP contribution >= 0.6 is 11.3 Å². The summed E-state index contributed by atoms with van der Waals surface area (Å²) in [5.41, 5.74) is 1.78. The molecule has 0 aliphatic heterocycles. The predicted molar refractivity (Wildman–Crippen MR) is 127 cm³/mol. The van der Waals surface area contributed by atoms with E-state index in [0.717, 1.165) is 33.9 Å². The van der Waals surface area contributed by atoms with E-state index >= 15 is 0 Å². The molecule has 4 rings (SSSR count). The summed E-state index contributed by atoms with van der Waals surface area (Å²) in [6, 6.07) is 18.6. The number of phenolic OH excluding ortho intramolecular Hbond substituents is 2. The van der Waals surface area contributed by atoms with Crippen molar-refractivity contribution in [3.8, 4) is 33.1 Å². The number of nitro benzene ring substituents is 1. The van der Waals surface area contributed by atoms with E-state index in [1.807, 2.05) is 6.07 Å². The first kappa shape index (κ1) is 22.7. The van der Waals surface area contributed by atoms with Gasteiger partial charge in [0.05, 0.1) is 16.6 Å². The first-order valence-electron chi connectivity index (χ1n) is 10.00. The third kappa shape index (κ3) is 4.50. The minimum absolute atomic E-state index is 0.0306. The highest BCUT2D eigenvalue weighted by molar-refractivity contribution is 7.17. The van der Waals surface area contributed by atoms with Crippen molar-refractivity contribution in [3.05, 3.63) is 98.9 Å². The normalized spacial score (nSPS) is 10.7. The standard InChI is InChI=1S/C25H17NO7S/c27-20(11-15-4-1-2-7-17(15)23-8-9-24(34-23)25(30)31)16-6-3-5-14(10-16)18-12-21(28)22(29)13-19(18)26(32)33/h1-10,12-13,28-29H,11H2,(H,30,31). The Hall–Kier alpha value is -4.50. The van der Waals surface area contributed by atoms with Gasteiger partial charge in [0.1, 0.15) is 4.88 Å². The molecule has 1 aromatic heterocycles. The maximum Gasteiger partial charge on any atom is 0.345 e. The number of nitrogens with zero attached hydrogens (tertiary/aromatic N) is 1. The molecule has 1 heterocycles. The Labute approximate surface area is 197 Å². The zero-order chi connectivity index (χ0) is 24.4. The van der Waals surface area contributed by atoms with Crippen LogP contribution in [0.4, 0.5) is 5.69 Å². The maximum atomic E-state index is 13.1. The number of benzene rings is 3. The lowest BCUT2D eigenvalue weighted by molar-refractivity contribution is -0.384. The average molecular weight is 475 g/mol. The van der Waals surface area contributed by atoms with Gasteiger partial charge in [0, 0.05) is 16.9 Å². The SMILES string of the molecule is O=C(Cc1ccccc1-c1ccc(C(=O)O)s1)c1cccc(-c2cc(O)c(O)cc2[N+](=O)[O-])c1. The minimum Gasteiger partial charge on any atom is -0.504 e. The monoisotopic (exact) mass is 475 g/mol. The number of aromatic hydroxyl groups is 2. The average Bonchev–Trinajstić information content (AvgIpc) is 3.31. The summed E-state index contributed by atoms with van der Waals surface area (Å²) >= 11 is 1.12. The zero-order valence-corrected chi connectivity index (χ0v) is 18.3. The van der Waals surface area contributed by atoms with Crippen LogP contribution in [0, 0.1) is 10.1 Å². The summed E-state index contributed by atoms with van der Waals surface area (Å²) in [5.74, 6) is -2.38. The first-order valence-corrected chi connectivity index (χ1v) is 10.8. The molecule has 0 unspecified atom stereocenters. The molecule has 170 valence electrons. The number of carbonyl (C=O) groups is 2. The fourth-order valence-electron chi connectivity index (χ4n) is 3.60. The van der Waals surface area contributed by atoms with Crippen molar-refractivity contribution in [1.29, 1.82) is 0 Å². The van der Waals surface area contributed by atoms with E-state index in [2.05, 4.69) is 0 Å². The number of thiophene rings is 1. The van der Waals surface area contributed by atoms with Crippen LogP contribution in [0.3, 0.4) is 0 Å². The Morgan fingerprint density at radius 1 is 0.882 bits per heavy atom. The van der Waals surface area contributed by atoms with Gasteiger partial charge in [0.2, 0.25) is 0 Å². The lowest BCUT2D eigenvalue weighted by Crippen LogP contribution is -2.05. The quantitative estimate of drug-likeness (QED) is 0.138. The number of hydrogen-bond donors (Lipinski definition) is 3. The largest absolute Gasteiger partial charge is 0.504 e. The summed E-state index contributed by atoms with van der Waals surface area (Å²) in [4.78, 5) is 36.0. The molecule has 0 saturated heterocycles. The number of aromatic carboxylic acids is 1. The van der Waals surface area contributed by atoms with Gasteiger partial charge >= 0.3 is 5.97 Å². The number of phenols is 2. The van der Waals surface area contributed by atoms with Gasteiger partial charge in [-0.1, -0.05) is 42.5 Å². The lowest BCUT2D eigenvalue weighted by Gasteiger charge is -2.10. The van der Waals surface area contributed by atoms with Crippen LogP contribution in [0.25, 0.3) is 21.6 Å². The number of rotatable bonds is 7. The minimum atomic E-state index is -1.02. The molecule has 0 fully saturated rings. The molecule has 8 nitrogen and oxygen atoms in total. The fraction of sp³-hybridized carbons (Fsp3) is 0.0400. The molecule has 0 atom stereocenters. The van der Waals surface area contributed by atoms with Gasteiger partial charge in [-0.3, -0.25) is 14.9 Å². The van der Waals surface area contributed by atoms with Crippen LogP contribution in [0.1, 0.15) is 25.6 Å². The summed E-state index contributed by atoms with van der Waals surface area (Å²) < 4.78 is 0. The van der Waals surface area contributed by atoms with Gasteiger partial charge in [-0.2, -0.15) is 0 Å². The van der Waals surface area contributed by atoms with Crippen LogP contribution in [0.5, 0.6) is 11.5 Å². The Bertz CT molecular complexity index is 1440. The summed E-state index contributed by atoms with van der Waals surface area (Å²) in [6.07, 6.45) is 0.0306. The molecule has 0 bridgehead atoms. The van der Waals surface area contributed by atoms with Crippen LogP contribution in [-0.4, -0.2) is 32.0 Å². The molecule has 0 aliphatic rings. The first-order chi connectivity index (χ1) is 16.2. The summed E-state index contributed by atoms with van der Waals surface area (Å²) in [6.45, 7) is 0. The van der Waals surface area contributed by atoms with Crippen LogP contribution in [-0.2, 0) is 6.42 Å². The highest BCUT2D eigenvalue weighted by Gasteiger charge is 2.21. The number of nitro groups is 1. The van der Waals surface area contributed by atoms with E-state index in [-0.39, 0.29) is 22.6 Å². The van der Waals surface area contributed by atoms with Gasteiger partial charge in [0.25, 0.3) is 5.69 Å². The van der Waals surface area contributed by atoms with E-state index in [1.54, 1.807) is 42.5 Å². The smallest absolute Gasteiger partial charge is 0.345 e. The van der Waals surface area contributed by atoms with E-state index in [1.165, 1.54) is 12.1 Å². The third-order valence-corrected chi connectivity index (χ3v) is 6.34. The van der Waals surface area contributed by atoms with Gasteiger partial charge in [-0.15, -0.1) is 11.3 Å². The molecule has 34 heavy (non-hydrogen) atoms. The van der Waals surface area contributed by atoms with Crippen molar-refractivity contribution < 1.29 is 29.8 Å². The van der Waals surface area contributed by atoms with Crippen molar-refractivity contribution in [2.45, 2.75) is 6.42 Å². The Morgan fingerprint density at radius 2 is 1.62 bits per heavy atom. The molecule has 0 amide bonds. The highest BCUT2D eigenvalue weighted by Crippen LogP contribution is 2.39. The number of carboxylic acids is 1. The Morgan fingerprint density at radius 3 is 2.32 bits per heavy atom. The molecule has 9 heteroatoms. The zero-order valence-electron chi connectivity index (χ0n) is 17.5. The second kappa shape index (κ2) is 9.16. The van der Waals surface area contributed by atoms with Gasteiger partial charge in [0.15, 0.2) is 17.3 Å². The Balaban J connectivity index is 1.67. The molecule has 0 radical (unpaired) electrons. The van der Waals surface area contributed by atoms with E-state index in [4.69, 9.17) is 0 Å². The van der Waals surface area contributed by atoms with E-state index in [9.17, 15) is 35.0 Å². The van der Waals surface area contributed by atoms with E-state index < -0.39 is 28.1 Å². The Kier molecular flexibility index (Phi) is 6.11. The molecule has 3 N–H and O–H groups in total. The van der Waals surface area contributed by atoms with Gasteiger partial charge in [-0.25, -0.2) is 4.79 Å². The highest BCUT2D eigenvalue weighted by atomic mass is 32.1. The molecule has 0 spiro atoms. The van der Waals surface area contributed by atoms with E-state index in [0.29, 0.717) is 16.7 Å². The van der Waals surface area contributed by atoms with Crippen LogP contribution in [0.15, 0.2) is 72.8 Å². The van der Waals surface area contributed by atoms with Crippen molar-refractivity contribution in [1.82, 2.24) is 0 Å². The molecule has 0 aliphatic carbocycles. The molecule has 0 saturated carbocycles. The molecule has 3 aromatic carbocycles. The lowest BCUT2D eigenvalue weighted by atomic mass is 9.95. The topological polar surface area (TPSA) is 138 Å². The number of carbonyl (C=O) groups excluding carboxylic acids is 1. The maximum absolute atomic E-state index is 13.1. The molecular formula is C25H17NO7S. The van der Waals surface area contributed by atoms with Crippen molar-refractivity contribution in [3.63, 3.8) is 0 Å². The number of Topliss-reactive ketones (excluding diaryl/α,β-unsaturated/α-hetero) is 1.